The van der Waals surface area contributed by atoms with E-state index < -0.39 is 5.97 Å². The van der Waals surface area contributed by atoms with Gasteiger partial charge in [0, 0.05) is 12.4 Å². The van der Waals surface area contributed by atoms with Gasteiger partial charge in [-0.05, 0) is 0 Å². The molecule has 0 saturated heterocycles. The lowest BCUT2D eigenvalue weighted by molar-refractivity contribution is -0.135. The molecule has 0 aliphatic rings. The first kappa shape index (κ1) is 5.49. The fraction of sp³-hybridized carbons (Fsp3) is 0.500. The molecule has 0 amide bonds. The molecule has 4 heteroatoms. The Morgan fingerprint density at radius 2 is 2.50 bits per heavy atom. The molecule has 0 saturated carbocycles. The monoisotopic (exact) mass is 105 g/mol. The van der Waals surface area contributed by atoms with E-state index in [0.29, 0.717) is 0 Å². The van der Waals surface area contributed by atoms with Crippen molar-refractivity contribution < 1.29 is 9.90 Å². The Bertz CT molecular complexity index is 71.9. The lowest BCUT2D eigenvalue weighted by atomic mass is 10.7. The average Bonchev–Trinajstić information content (AvgIpc) is 1.35. The predicted molar refractivity (Wildman–Crippen MR) is 22.3 cm³/mol. The maximum absolute atomic E-state index is 9.44. The number of hydrogen-bond donors (Lipinski definition) is 1. The van der Waals surface area contributed by atoms with Gasteiger partial charge in [0.2, 0.25) is 0 Å². The van der Waals surface area contributed by atoms with Crippen molar-refractivity contribution in [2.24, 2.45) is 4.36 Å². The van der Waals surface area contributed by atoms with E-state index in [1.807, 2.05) is 0 Å². The Labute approximate surface area is 40.2 Å². The third-order valence-electron chi connectivity index (χ3n) is 0.200. The largest absolute Gasteiger partial charge is 0.480 e. The number of carbonyl (C=O) groups is 1. The number of nitrogens with zero attached hydrogens (tertiary/aromatic N) is 1. The van der Waals surface area contributed by atoms with E-state index in [-0.39, 0.29) is 6.54 Å². The minimum atomic E-state index is -0.981. The van der Waals surface area contributed by atoms with Crippen LogP contribution in [-0.2, 0) is 17.2 Å². The Kier molecular flexibility index (Phi) is 2.48. The van der Waals surface area contributed by atoms with Gasteiger partial charge in [0.15, 0.2) is 0 Å². The highest BCUT2D eigenvalue weighted by molar-refractivity contribution is 7.47. The molecule has 0 rings (SSSR count). The first-order chi connectivity index (χ1) is 2.77. The number of carboxylic acids is 1. The fourth-order valence-electron chi connectivity index (χ4n) is 0.0552. The third kappa shape index (κ3) is 3.49. The topological polar surface area (TPSA) is 49.7 Å². The van der Waals surface area contributed by atoms with Gasteiger partial charge in [0.05, 0.1) is 0 Å². The summed E-state index contributed by atoms with van der Waals surface area (Å²) in [7, 11) is 0. The molecule has 0 aromatic heterocycles. The lowest BCUT2D eigenvalue weighted by Crippen LogP contribution is -1.96. The van der Waals surface area contributed by atoms with Crippen molar-refractivity contribution in [2.75, 3.05) is 6.54 Å². The van der Waals surface area contributed by atoms with Gasteiger partial charge in [-0.25, -0.2) is 4.36 Å². The van der Waals surface area contributed by atoms with E-state index in [4.69, 9.17) is 5.11 Å². The average molecular weight is 105 g/mol. The van der Waals surface area contributed by atoms with Crippen molar-refractivity contribution in [1.82, 2.24) is 0 Å². The van der Waals surface area contributed by atoms with Gasteiger partial charge < -0.3 is 5.11 Å². The first-order valence-electron chi connectivity index (χ1n) is 1.28. The van der Waals surface area contributed by atoms with E-state index in [2.05, 4.69) is 16.8 Å². The van der Waals surface area contributed by atoms with Crippen molar-refractivity contribution in [2.45, 2.75) is 0 Å². The molecule has 0 heterocycles. The number of carboxylic acid groups (broad SMARTS) is 1. The van der Waals surface area contributed by atoms with Gasteiger partial charge in [-0.2, -0.15) is 0 Å². The van der Waals surface area contributed by atoms with Crippen LogP contribution < -0.4 is 0 Å². The van der Waals surface area contributed by atoms with Crippen LogP contribution in [0, 0.1) is 0 Å². The molecule has 0 fully saturated rings. The van der Waals surface area contributed by atoms with Gasteiger partial charge >= 0.3 is 5.97 Å². The molecule has 0 radical (unpaired) electrons. The summed E-state index contributed by atoms with van der Waals surface area (Å²) in [4.78, 5) is 9.44. The summed E-state index contributed by atoms with van der Waals surface area (Å²) < 4.78 is 2.92. The molecule has 1 N–H and O–H groups in total. The standard InChI is InChI=1S/C2H3NO2S/c4-2(5)1-3-6/h1H2,(H,4,5). The smallest absolute Gasteiger partial charge is 0.326 e. The Balaban J connectivity index is 3.05. The number of rotatable bonds is 2. The zero-order chi connectivity index (χ0) is 4.99. The van der Waals surface area contributed by atoms with Crippen LogP contribution in [0.15, 0.2) is 4.36 Å². The summed E-state index contributed by atoms with van der Waals surface area (Å²) in [6.45, 7) is -0.269. The van der Waals surface area contributed by atoms with Crippen LogP contribution in [0.2, 0.25) is 0 Å². The van der Waals surface area contributed by atoms with Crippen LogP contribution >= 0.6 is 0 Å². The van der Waals surface area contributed by atoms with E-state index in [0.717, 1.165) is 0 Å². The van der Waals surface area contributed by atoms with E-state index in [1.54, 1.807) is 0 Å². The highest BCUT2D eigenvalue weighted by Gasteiger charge is 1.86. The second kappa shape index (κ2) is 2.71. The molecule has 0 unspecified atom stereocenters. The second-order valence-electron chi connectivity index (χ2n) is 0.681. The summed E-state index contributed by atoms with van der Waals surface area (Å²) in [6, 6.07) is 0. The molecule has 0 aliphatic heterocycles. The van der Waals surface area contributed by atoms with Crippen LogP contribution in [0.5, 0.6) is 0 Å². The summed E-state index contributed by atoms with van der Waals surface area (Å²) >= 11 is 3.97. The fourth-order valence-corrected chi connectivity index (χ4v) is 0.166. The minimum absolute atomic E-state index is 0.269. The summed E-state index contributed by atoms with van der Waals surface area (Å²) in [5, 5.41) is 7.75. The van der Waals surface area contributed by atoms with Gasteiger partial charge in [-0.3, -0.25) is 4.79 Å². The minimum Gasteiger partial charge on any atom is -0.480 e. The van der Waals surface area contributed by atoms with Gasteiger partial charge in [-0.1, -0.05) is 0 Å². The lowest BCUT2D eigenvalue weighted by Gasteiger charge is -1.73. The quantitative estimate of drug-likeness (QED) is 0.529. The molecule has 34 valence electrons. The maximum atomic E-state index is 9.44. The van der Waals surface area contributed by atoms with Gasteiger partial charge in [0.25, 0.3) is 0 Å². The van der Waals surface area contributed by atoms with E-state index in [9.17, 15) is 4.79 Å². The Hall–Kier alpha value is -0.510. The SMILES string of the molecule is O=C(O)CN=S. The summed E-state index contributed by atoms with van der Waals surface area (Å²) in [5.41, 5.74) is 0. The number of hydrogen-bond acceptors (Lipinski definition) is 3. The highest BCUT2D eigenvalue weighted by atomic mass is 32.1. The summed E-state index contributed by atoms with van der Waals surface area (Å²) in [5.74, 6) is -0.981. The van der Waals surface area contributed by atoms with Crippen LogP contribution in [0.4, 0.5) is 0 Å². The second-order valence-corrected chi connectivity index (χ2v) is 0.939. The third-order valence-corrected chi connectivity index (χ3v) is 0.329. The van der Waals surface area contributed by atoms with Gasteiger partial charge in [-0.15, -0.1) is 0 Å². The molecule has 6 heavy (non-hydrogen) atoms. The van der Waals surface area contributed by atoms with Crippen molar-refractivity contribution in [3.63, 3.8) is 0 Å². The molecular formula is C2H3NO2S. The maximum Gasteiger partial charge on any atom is 0.326 e. The van der Waals surface area contributed by atoms with E-state index in [1.165, 1.54) is 0 Å². The zero-order valence-corrected chi connectivity index (χ0v) is 3.73. The molecule has 0 aliphatic carbocycles. The highest BCUT2D eigenvalue weighted by Crippen LogP contribution is 1.62. The van der Waals surface area contributed by atoms with Crippen molar-refractivity contribution in [3.8, 4) is 0 Å². The van der Waals surface area contributed by atoms with Crippen LogP contribution in [0.3, 0.4) is 0 Å². The molecular weight excluding hydrogens is 102 g/mol. The van der Waals surface area contributed by atoms with Crippen molar-refractivity contribution in [3.05, 3.63) is 0 Å². The molecule has 0 spiro atoms. The molecule has 0 bridgehead atoms. The molecule has 0 aromatic rings. The van der Waals surface area contributed by atoms with Crippen LogP contribution in [0.1, 0.15) is 0 Å². The Morgan fingerprint density at radius 1 is 2.00 bits per heavy atom. The normalized spacial score (nSPS) is 7.33. The van der Waals surface area contributed by atoms with Crippen LogP contribution in [-0.4, -0.2) is 17.6 Å². The molecule has 0 atom stereocenters. The van der Waals surface area contributed by atoms with Crippen LogP contribution in [0.25, 0.3) is 0 Å². The first-order valence-corrected chi connectivity index (χ1v) is 1.65. The van der Waals surface area contributed by atoms with E-state index >= 15 is 0 Å². The Morgan fingerprint density at radius 3 is 2.50 bits per heavy atom. The summed E-state index contributed by atoms with van der Waals surface area (Å²) in [6.07, 6.45) is 0. The van der Waals surface area contributed by atoms with Crippen molar-refractivity contribution in [1.29, 1.82) is 0 Å². The molecule has 0 aromatic carbocycles. The zero-order valence-electron chi connectivity index (χ0n) is 2.92. The molecule has 3 nitrogen and oxygen atoms in total. The van der Waals surface area contributed by atoms with Gasteiger partial charge in [0.1, 0.15) is 6.54 Å². The number of aliphatic carboxylic acids is 1. The predicted octanol–water partition coefficient (Wildman–Crippen LogP) is -0.198. The van der Waals surface area contributed by atoms with Crippen molar-refractivity contribution >= 4 is 18.4 Å².